The van der Waals surface area contributed by atoms with E-state index < -0.39 is 13.7 Å². The first kappa shape index (κ1) is 17.6. The first-order valence-corrected chi connectivity index (χ1v) is 12.3. The number of aliphatic hydroxyl groups is 1. The summed E-state index contributed by atoms with van der Waals surface area (Å²) in [6.45, 7) is 7.24. The average molecular weight is 352 g/mol. The van der Waals surface area contributed by atoms with Gasteiger partial charge in [-0.25, -0.2) is 9.67 Å². The van der Waals surface area contributed by atoms with Crippen LogP contribution >= 0.6 is 0 Å². The predicted octanol–water partition coefficient (Wildman–Crippen LogP) is 4.17. The summed E-state index contributed by atoms with van der Waals surface area (Å²) in [7, 11) is -1.50. The maximum absolute atomic E-state index is 11.5. The molecule has 3 aromatic rings. The lowest BCUT2D eigenvalue weighted by atomic mass is 9.93. The molecule has 5 heteroatoms. The van der Waals surface area contributed by atoms with Crippen LogP contribution in [0.4, 0.5) is 0 Å². The summed E-state index contributed by atoms with van der Waals surface area (Å²) in [6.07, 6.45) is 3.17. The van der Waals surface area contributed by atoms with Gasteiger partial charge in [0.1, 0.15) is 18.3 Å². The molecule has 1 heterocycles. The van der Waals surface area contributed by atoms with Gasteiger partial charge in [-0.1, -0.05) is 74.2 Å². The normalized spacial score (nSPS) is 14.2. The molecule has 1 unspecified atom stereocenters. The molecule has 0 spiro atoms. The Labute approximate surface area is 150 Å². The SMILES string of the molecule is C[Si](C)(C)CC(O)(Cn1cncn1)c1ccc(-c2ccccc2)cc1. The number of hydrogen-bond donors (Lipinski definition) is 1. The molecule has 25 heavy (non-hydrogen) atoms. The standard InChI is InChI=1S/C20H25N3OSi/c1-25(2,3)14-20(24,13-23-16-21-15-22-23)19-11-9-18(10-12-19)17-7-5-4-6-8-17/h4-12,15-16,24H,13-14H2,1-3H3. The molecule has 0 fully saturated rings. The van der Waals surface area contributed by atoms with Gasteiger partial charge in [0.2, 0.25) is 0 Å². The Morgan fingerprint density at radius 1 is 0.960 bits per heavy atom. The van der Waals surface area contributed by atoms with E-state index in [4.69, 9.17) is 0 Å². The van der Waals surface area contributed by atoms with Crippen molar-refractivity contribution >= 4 is 8.07 Å². The van der Waals surface area contributed by atoms with Gasteiger partial charge in [0.05, 0.1) is 6.54 Å². The first-order valence-electron chi connectivity index (χ1n) is 8.57. The fraction of sp³-hybridized carbons (Fsp3) is 0.300. The number of aromatic nitrogens is 3. The Balaban J connectivity index is 1.92. The van der Waals surface area contributed by atoms with Crippen LogP contribution in [0, 0.1) is 0 Å². The number of nitrogens with zero attached hydrogens (tertiary/aromatic N) is 3. The van der Waals surface area contributed by atoms with Crippen molar-refractivity contribution in [2.75, 3.05) is 0 Å². The second kappa shape index (κ2) is 6.94. The van der Waals surface area contributed by atoms with E-state index in [1.54, 1.807) is 11.0 Å². The Bertz CT molecular complexity index is 795. The molecule has 0 saturated carbocycles. The molecule has 1 atom stereocenters. The lowest BCUT2D eigenvalue weighted by Gasteiger charge is -2.34. The fourth-order valence-corrected chi connectivity index (χ4v) is 5.38. The van der Waals surface area contributed by atoms with Gasteiger partial charge in [-0.05, 0) is 22.7 Å². The molecule has 130 valence electrons. The van der Waals surface area contributed by atoms with Crippen molar-refractivity contribution in [3.05, 3.63) is 72.8 Å². The Hall–Kier alpha value is -2.24. The molecule has 3 rings (SSSR count). The van der Waals surface area contributed by atoms with Crippen molar-refractivity contribution in [2.45, 2.75) is 37.8 Å². The van der Waals surface area contributed by atoms with Gasteiger partial charge < -0.3 is 5.11 Å². The van der Waals surface area contributed by atoms with Gasteiger partial charge >= 0.3 is 0 Å². The molecule has 1 aromatic heterocycles. The minimum Gasteiger partial charge on any atom is -0.384 e. The number of rotatable bonds is 6. The average Bonchev–Trinajstić information content (AvgIpc) is 3.07. The summed E-state index contributed by atoms with van der Waals surface area (Å²) in [5.74, 6) is 0. The van der Waals surface area contributed by atoms with Crippen LogP contribution in [0.15, 0.2) is 67.3 Å². The van der Waals surface area contributed by atoms with Crippen molar-refractivity contribution in [3.63, 3.8) is 0 Å². The van der Waals surface area contributed by atoms with Crippen LogP contribution in [0.25, 0.3) is 11.1 Å². The monoisotopic (exact) mass is 351 g/mol. The van der Waals surface area contributed by atoms with E-state index in [0.29, 0.717) is 6.54 Å². The van der Waals surface area contributed by atoms with Crippen LogP contribution in [0.2, 0.25) is 25.7 Å². The molecular formula is C20H25N3OSi. The second-order valence-corrected chi connectivity index (χ2v) is 13.3. The fourth-order valence-electron chi connectivity index (χ4n) is 3.31. The zero-order chi connectivity index (χ0) is 17.9. The third-order valence-corrected chi connectivity index (χ3v) is 5.89. The smallest absolute Gasteiger partial charge is 0.137 e. The molecule has 4 nitrogen and oxygen atoms in total. The van der Waals surface area contributed by atoms with Gasteiger partial charge in [-0.3, -0.25) is 0 Å². The Kier molecular flexibility index (Phi) is 4.88. The minimum atomic E-state index is -1.50. The van der Waals surface area contributed by atoms with Gasteiger partial charge in [0.25, 0.3) is 0 Å². The second-order valence-electron chi connectivity index (χ2n) is 7.81. The topological polar surface area (TPSA) is 50.9 Å². The van der Waals surface area contributed by atoms with Crippen LogP contribution in [-0.4, -0.2) is 27.9 Å². The Morgan fingerprint density at radius 2 is 1.60 bits per heavy atom. The summed E-state index contributed by atoms with van der Waals surface area (Å²) in [4.78, 5) is 4.00. The van der Waals surface area contributed by atoms with Crippen LogP contribution in [0.1, 0.15) is 5.56 Å². The van der Waals surface area contributed by atoms with Gasteiger partial charge in [0.15, 0.2) is 0 Å². The third kappa shape index (κ3) is 4.44. The van der Waals surface area contributed by atoms with Crippen molar-refractivity contribution in [3.8, 4) is 11.1 Å². The van der Waals surface area contributed by atoms with Crippen molar-refractivity contribution in [1.29, 1.82) is 0 Å². The van der Waals surface area contributed by atoms with E-state index in [9.17, 15) is 5.11 Å². The van der Waals surface area contributed by atoms with Crippen LogP contribution in [-0.2, 0) is 12.1 Å². The lowest BCUT2D eigenvalue weighted by Crippen LogP contribution is -2.39. The zero-order valence-corrected chi connectivity index (χ0v) is 16.1. The summed E-state index contributed by atoms with van der Waals surface area (Å²) >= 11 is 0. The minimum absolute atomic E-state index is 0.419. The zero-order valence-electron chi connectivity index (χ0n) is 15.1. The molecule has 0 aliphatic carbocycles. The first-order chi connectivity index (χ1) is 11.9. The quantitative estimate of drug-likeness (QED) is 0.678. The highest BCUT2D eigenvalue weighted by Crippen LogP contribution is 2.34. The number of hydrogen-bond acceptors (Lipinski definition) is 3. The highest BCUT2D eigenvalue weighted by molar-refractivity contribution is 6.76. The van der Waals surface area contributed by atoms with E-state index in [2.05, 4.69) is 54.0 Å². The predicted molar refractivity (Wildman–Crippen MR) is 104 cm³/mol. The Morgan fingerprint density at radius 3 is 2.16 bits per heavy atom. The van der Waals surface area contributed by atoms with Crippen molar-refractivity contribution < 1.29 is 5.11 Å². The van der Waals surface area contributed by atoms with Gasteiger partial charge in [0, 0.05) is 8.07 Å². The summed E-state index contributed by atoms with van der Waals surface area (Å²) in [5, 5.41) is 15.7. The molecular weight excluding hydrogens is 326 g/mol. The molecule has 2 aromatic carbocycles. The highest BCUT2D eigenvalue weighted by Gasteiger charge is 2.35. The third-order valence-electron chi connectivity index (χ3n) is 4.24. The maximum atomic E-state index is 11.5. The van der Waals surface area contributed by atoms with E-state index in [1.807, 2.05) is 30.3 Å². The van der Waals surface area contributed by atoms with Gasteiger partial charge in [-0.15, -0.1) is 0 Å². The summed E-state index contributed by atoms with van der Waals surface area (Å²) in [5.41, 5.74) is 2.33. The van der Waals surface area contributed by atoms with Gasteiger partial charge in [-0.2, -0.15) is 5.10 Å². The van der Waals surface area contributed by atoms with Crippen molar-refractivity contribution in [1.82, 2.24) is 14.8 Å². The lowest BCUT2D eigenvalue weighted by molar-refractivity contribution is 0.0332. The molecule has 0 saturated heterocycles. The van der Waals surface area contributed by atoms with E-state index in [-0.39, 0.29) is 0 Å². The maximum Gasteiger partial charge on any atom is 0.137 e. The summed E-state index contributed by atoms with van der Waals surface area (Å²) in [6, 6.07) is 19.3. The van der Waals surface area contributed by atoms with E-state index >= 15 is 0 Å². The molecule has 0 aliphatic heterocycles. The van der Waals surface area contributed by atoms with Crippen LogP contribution in [0.3, 0.4) is 0 Å². The van der Waals surface area contributed by atoms with E-state index in [0.717, 1.165) is 17.2 Å². The molecule has 1 N–H and O–H groups in total. The van der Waals surface area contributed by atoms with E-state index in [1.165, 1.54) is 11.9 Å². The number of benzene rings is 2. The van der Waals surface area contributed by atoms with Crippen LogP contribution in [0.5, 0.6) is 0 Å². The summed E-state index contributed by atoms with van der Waals surface area (Å²) < 4.78 is 1.71. The largest absolute Gasteiger partial charge is 0.384 e. The molecule has 0 bridgehead atoms. The molecule has 0 amide bonds. The highest BCUT2D eigenvalue weighted by atomic mass is 28.3. The molecule has 0 aliphatic rings. The van der Waals surface area contributed by atoms with Crippen LogP contribution < -0.4 is 0 Å². The molecule has 0 radical (unpaired) electrons. The van der Waals surface area contributed by atoms with Crippen molar-refractivity contribution in [2.24, 2.45) is 0 Å².